The van der Waals surface area contributed by atoms with Crippen LogP contribution in [0.3, 0.4) is 0 Å². The number of carbonyl (C=O) groups is 2. The van der Waals surface area contributed by atoms with Gasteiger partial charge in [-0.3, -0.25) is 13.9 Å². The monoisotopic (exact) mass is 633 g/mol. The second-order valence-corrected chi connectivity index (χ2v) is 12.0. The number of nitrogens with zero attached hydrogens (tertiary/aromatic N) is 2. The second kappa shape index (κ2) is 13.0. The quantitative estimate of drug-likeness (QED) is 0.307. The molecule has 3 aromatic rings. The van der Waals surface area contributed by atoms with E-state index in [0.29, 0.717) is 12.1 Å². The van der Waals surface area contributed by atoms with E-state index in [2.05, 4.69) is 27.9 Å². The minimum Gasteiger partial charge on any atom is -0.352 e. The van der Waals surface area contributed by atoms with Gasteiger partial charge in [-0.2, -0.15) is 0 Å². The molecule has 0 radical (unpaired) electrons. The zero-order valence-corrected chi connectivity index (χ0v) is 24.1. The number of halogens is 1. The van der Waals surface area contributed by atoms with Crippen LogP contribution in [0, 0.1) is 3.57 Å². The number of hydrogen-bond acceptors (Lipinski definition) is 4. The van der Waals surface area contributed by atoms with Crippen LogP contribution in [-0.4, -0.2) is 43.8 Å². The molecule has 3 aromatic carbocycles. The van der Waals surface area contributed by atoms with Crippen molar-refractivity contribution in [2.24, 2.45) is 0 Å². The molecule has 1 unspecified atom stereocenters. The third kappa shape index (κ3) is 7.54. The Hall–Kier alpha value is -2.92. The van der Waals surface area contributed by atoms with Crippen molar-refractivity contribution in [1.82, 2.24) is 10.2 Å². The molecule has 3 rings (SSSR count). The topological polar surface area (TPSA) is 86.8 Å². The average molecular weight is 634 g/mol. The second-order valence-electron chi connectivity index (χ2n) is 8.90. The van der Waals surface area contributed by atoms with Gasteiger partial charge >= 0.3 is 0 Å². The summed E-state index contributed by atoms with van der Waals surface area (Å²) in [6, 6.07) is 23.5. The van der Waals surface area contributed by atoms with Crippen molar-refractivity contribution in [3.05, 3.63) is 94.1 Å². The van der Waals surface area contributed by atoms with Crippen LogP contribution in [0.25, 0.3) is 0 Å². The first-order valence-corrected chi connectivity index (χ1v) is 14.6. The fraction of sp³-hybridized carbons (Fsp3) is 0.286. The molecule has 0 saturated heterocycles. The van der Waals surface area contributed by atoms with Crippen LogP contribution in [0.1, 0.15) is 32.8 Å². The number of benzene rings is 3. The van der Waals surface area contributed by atoms with Crippen molar-refractivity contribution in [2.75, 3.05) is 10.8 Å². The van der Waals surface area contributed by atoms with Gasteiger partial charge in [0.25, 0.3) is 10.0 Å². The Morgan fingerprint density at radius 1 is 0.892 bits per heavy atom. The van der Waals surface area contributed by atoms with E-state index >= 15 is 0 Å². The zero-order valence-electron chi connectivity index (χ0n) is 21.2. The molecule has 0 fully saturated rings. The first kappa shape index (κ1) is 28.6. The molecule has 2 amide bonds. The zero-order chi connectivity index (χ0) is 27.0. The molecule has 196 valence electrons. The minimum absolute atomic E-state index is 0.0838. The predicted octanol–water partition coefficient (Wildman–Crippen LogP) is 4.82. The lowest BCUT2D eigenvalue weighted by Gasteiger charge is -2.33. The van der Waals surface area contributed by atoms with E-state index in [1.54, 1.807) is 42.5 Å². The summed E-state index contributed by atoms with van der Waals surface area (Å²) in [6.07, 6.45) is 0.381. The number of sulfonamides is 1. The number of amides is 2. The van der Waals surface area contributed by atoms with Crippen LogP contribution >= 0.6 is 22.6 Å². The van der Waals surface area contributed by atoms with Gasteiger partial charge in [-0.1, -0.05) is 55.5 Å². The molecule has 0 heterocycles. The Balaban J connectivity index is 2.03. The maximum Gasteiger partial charge on any atom is 0.264 e. The third-order valence-corrected chi connectivity index (χ3v) is 8.24. The molecule has 0 aromatic heterocycles. The lowest BCUT2D eigenvalue weighted by molar-refractivity contribution is -0.140. The highest BCUT2D eigenvalue weighted by atomic mass is 127. The van der Waals surface area contributed by atoms with Crippen molar-refractivity contribution in [3.63, 3.8) is 0 Å². The van der Waals surface area contributed by atoms with Crippen LogP contribution in [-0.2, 0) is 26.2 Å². The van der Waals surface area contributed by atoms with Gasteiger partial charge in [0.1, 0.15) is 12.6 Å². The van der Waals surface area contributed by atoms with Gasteiger partial charge in [-0.15, -0.1) is 0 Å². The van der Waals surface area contributed by atoms with Crippen molar-refractivity contribution >= 4 is 50.1 Å². The Bertz CT molecular complexity index is 1280. The van der Waals surface area contributed by atoms with Gasteiger partial charge in [0.05, 0.1) is 10.6 Å². The van der Waals surface area contributed by atoms with Crippen LogP contribution in [0.15, 0.2) is 89.8 Å². The molecule has 9 heteroatoms. The molecule has 1 atom stereocenters. The Labute approximate surface area is 233 Å². The van der Waals surface area contributed by atoms with Crippen LogP contribution in [0.5, 0.6) is 0 Å². The molecule has 0 aliphatic rings. The molecule has 0 bridgehead atoms. The fourth-order valence-corrected chi connectivity index (χ4v) is 5.73. The van der Waals surface area contributed by atoms with Crippen LogP contribution in [0.2, 0.25) is 0 Å². The number of hydrogen-bond donors (Lipinski definition) is 1. The average Bonchev–Trinajstić information content (AvgIpc) is 2.88. The predicted molar refractivity (Wildman–Crippen MR) is 154 cm³/mol. The number of rotatable bonds is 11. The lowest BCUT2D eigenvalue weighted by Crippen LogP contribution is -2.53. The van der Waals surface area contributed by atoms with Gasteiger partial charge in [0.2, 0.25) is 11.8 Å². The summed E-state index contributed by atoms with van der Waals surface area (Å²) >= 11 is 2.14. The Morgan fingerprint density at radius 2 is 1.46 bits per heavy atom. The van der Waals surface area contributed by atoms with Gasteiger partial charge in [0.15, 0.2) is 0 Å². The first-order valence-electron chi connectivity index (χ1n) is 12.1. The summed E-state index contributed by atoms with van der Waals surface area (Å²) < 4.78 is 29.5. The van der Waals surface area contributed by atoms with Crippen molar-refractivity contribution < 1.29 is 18.0 Å². The fourth-order valence-electron chi connectivity index (χ4n) is 3.94. The van der Waals surface area contributed by atoms with Crippen molar-refractivity contribution in [3.8, 4) is 0 Å². The van der Waals surface area contributed by atoms with E-state index in [-0.39, 0.29) is 23.4 Å². The van der Waals surface area contributed by atoms with Gasteiger partial charge in [-0.05, 0) is 84.8 Å². The van der Waals surface area contributed by atoms with E-state index in [4.69, 9.17) is 0 Å². The van der Waals surface area contributed by atoms with E-state index in [1.165, 1.54) is 17.0 Å². The summed E-state index contributed by atoms with van der Waals surface area (Å²) in [5, 5.41) is 2.90. The maximum absolute atomic E-state index is 13.9. The highest BCUT2D eigenvalue weighted by Gasteiger charge is 2.33. The summed E-state index contributed by atoms with van der Waals surface area (Å²) in [5.41, 5.74) is 1.22. The number of carbonyl (C=O) groups excluding carboxylic acids is 2. The number of nitrogens with one attached hydrogen (secondary N) is 1. The molecule has 0 saturated carbocycles. The Morgan fingerprint density at radius 3 is 2.00 bits per heavy atom. The van der Waals surface area contributed by atoms with E-state index in [9.17, 15) is 18.0 Å². The molecule has 1 N–H and O–H groups in total. The summed E-state index contributed by atoms with van der Waals surface area (Å²) in [4.78, 5) is 28.6. The first-order chi connectivity index (χ1) is 17.6. The van der Waals surface area contributed by atoms with Crippen LogP contribution in [0.4, 0.5) is 5.69 Å². The SMILES string of the molecule is CCC(C(=O)NC(C)C)N(Cc1ccccc1)C(=O)CN(c1ccc(I)cc1)S(=O)(=O)c1ccccc1. The van der Waals surface area contributed by atoms with Crippen molar-refractivity contribution in [2.45, 2.75) is 50.7 Å². The highest BCUT2D eigenvalue weighted by molar-refractivity contribution is 14.1. The van der Waals surface area contributed by atoms with E-state index < -0.39 is 28.5 Å². The van der Waals surface area contributed by atoms with Crippen LogP contribution < -0.4 is 9.62 Å². The van der Waals surface area contributed by atoms with Gasteiger partial charge < -0.3 is 10.2 Å². The standard InChI is InChI=1S/C28H32IN3O4S/c1-4-26(28(34)30-21(2)3)31(19-22-11-7-5-8-12-22)27(33)20-32(24-17-15-23(29)16-18-24)37(35,36)25-13-9-6-10-14-25/h5-18,21,26H,4,19-20H2,1-3H3,(H,30,34). The smallest absolute Gasteiger partial charge is 0.264 e. The maximum atomic E-state index is 13.9. The normalized spacial score (nSPS) is 12.1. The molecular formula is C28H32IN3O4S. The van der Waals surface area contributed by atoms with Crippen molar-refractivity contribution in [1.29, 1.82) is 0 Å². The third-order valence-electron chi connectivity index (χ3n) is 5.74. The largest absolute Gasteiger partial charge is 0.352 e. The molecular weight excluding hydrogens is 601 g/mol. The van der Waals surface area contributed by atoms with E-state index in [0.717, 1.165) is 13.4 Å². The Kier molecular flexibility index (Phi) is 10.1. The summed E-state index contributed by atoms with van der Waals surface area (Å²) in [5.74, 6) is -0.735. The molecule has 7 nitrogen and oxygen atoms in total. The summed E-state index contributed by atoms with van der Waals surface area (Å²) in [6.45, 7) is 5.29. The molecule has 0 aliphatic heterocycles. The summed E-state index contributed by atoms with van der Waals surface area (Å²) in [7, 11) is -4.06. The molecule has 37 heavy (non-hydrogen) atoms. The minimum atomic E-state index is -4.06. The molecule has 0 aliphatic carbocycles. The van der Waals surface area contributed by atoms with Gasteiger partial charge in [-0.25, -0.2) is 8.42 Å². The molecule has 0 spiro atoms. The lowest BCUT2D eigenvalue weighted by atomic mass is 10.1. The number of anilines is 1. The van der Waals surface area contributed by atoms with E-state index in [1.807, 2.05) is 51.1 Å². The highest BCUT2D eigenvalue weighted by Crippen LogP contribution is 2.25. The van der Waals surface area contributed by atoms with Gasteiger partial charge in [0, 0.05) is 16.2 Å².